The number of hydrogen-bond acceptors (Lipinski definition) is 3. The summed E-state index contributed by atoms with van der Waals surface area (Å²) in [5.41, 5.74) is 2.74. The van der Waals surface area contributed by atoms with Crippen molar-refractivity contribution in [1.29, 1.82) is 0 Å². The first-order valence-electron chi connectivity index (χ1n) is 6.58. The maximum atomic E-state index is 5.60. The van der Waals surface area contributed by atoms with Crippen molar-refractivity contribution in [3.8, 4) is 0 Å². The standard InChI is InChI=1S/C14H20N2O/c1-2-6-14-11(4-1)8-12(16-14)9-15-10-13-5-3-7-17-13/h1-2,4,6,12-13,15-16H,3,5,7-10H2. The van der Waals surface area contributed by atoms with E-state index >= 15 is 0 Å². The molecule has 17 heavy (non-hydrogen) atoms. The Morgan fingerprint density at radius 2 is 2.24 bits per heavy atom. The summed E-state index contributed by atoms with van der Waals surface area (Å²) < 4.78 is 5.60. The van der Waals surface area contributed by atoms with Gasteiger partial charge < -0.3 is 15.4 Å². The molecule has 0 aliphatic carbocycles. The summed E-state index contributed by atoms with van der Waals surface area (Å²) in [6.45, 7) is 2.96. The fraction of sp³-hybridized carbons (Fsp3) is 0.571. The Labute approximate surface area is 103 Å². The van der Waals surface area contributed by atoms with E-state index in [2.05, 4.69) is 34.9 Å². The molecule has 0 aromatic heterocycles. The lowest BCUT2D eigenvalue weighted by molar-refractivity contribution is 0.110. The molecule has 92 valence electrons. The van der Waals surface area contributed by atoms with E-state index in [9.17, 15) is 0 Å². The molecule has 1 aromatic rings. The zero-order valence-electron chi connectivity index (χ0n) is 10.1. The van der Waals surface area contributed by atoms with Crippen LogP contribution in [0.2, 0.25) is 0 Å². The van der Waals surface area contributed by atoms with Crippen LogP contribution in [0.15, 0.2) is 24.3 Å². The van der Waals surface area contributed by atoms with Crippen molar-refractivity contribution in [2.45, 2.75) is 31.4 Å². The van der Waals surface area contributed by atoms with Gasteiger partial charge >= 0.3 is 0 Å². The minimum absolute atomic E-state index is 0.443. The number of fused-ring (bicyclic) bond motifs is 1. The molecule has 0 amide bonds. The Hall–Kier alpha value is -1.06. The van der Waals surface area contributed by atoms with Gasteiger partial charge in [0.1, 0.15) is 0 Å². The van der Waals surface area contributed by atoms with E-state index in [1.807, 2.05) is 0 Å². The lowest BCUT2D eigenvalue weighted by atomic mass is 10.1. The Bertz CT molecular complexity index is 349. The zero-order chi connectivity index (χ0) is 11.5. The van der Waals surface area contributed by atoms with Gasteiger partial charge in [-0.15, -0.1) is 0 Å². The fourth-order valence-electron chi connectivity index (χ4n) is 2.72. The van der Waals surface area contributed by atoms with E-state index < -0.39 is 0 Å². The molecule has 2 aliphatic rings. The number of anilines is 1. The van der Waals surface area contributed by atoms with Gasteiger partial charge in [0, 0.05) is 31.4 Å². The molecule has 2 aliphatic heterocycles. The maximum absolute atomic E-state index is 5.60. The number of rotatable bonds is 4. The number of ether oxygens (including phenoxy) is 1. The Morgan fingerprint density at radius 3 is 3.06 bits per heavy atom. The smallest absolute Gasteiger partial charge is 0.0700 e. The number of benzene rings is 1. The van der Waals surface area contributed by atoms with E-state index in [-0.39, 0.29) is 0 Å². The zero-order valence-corrected chi connectivity index (χ0v) is 10.1. The maximum Gasteiger partial charge on any atom is 0.0700 e. The summed E-state index contributed by atoms with van der Waals surface area (Å²) in [5.74, 6) is 0. The van der Waals surface area contributed by atoms with Crippen LogP contribution in [0.25, 0.3) is 0 Å². The van der Waals surface area contributed by atoms with E-state index in [4.69, 9.17) is 4.74 Å². The van der Waals surface area contributed by atoms with Gasteiger partial charge in [-0.2, -0.15) is 0 Å². The molecule has 0 radical (unpaired) electrons. The molecule has 2 atom stereocenters. The monoisotopic (exact) mass is 232 g/mol. The SMILES string of the molecule is c1ccc2c(c1)CC(CNCC1CCCO1)N2. The van der Waals surface area contributed by atoms with Gasteiger partial charge in [0.05, 0.1) is 6.10 Å². The largest absolute Gasteiger partial charge is 0.380 e. The lowest BCUT2D eigenvalue weighted by Crippen LogP contribution is -2.35. The van der Waals surface area contributed by atoms with Gasteiger partial charge in [-0.25, -0.2) is 0 Å². The first-order chi connectivity index (χ1) is 8.42. The molecule has 1 fully saturated rings. The Balaban J connectivity index is 1.43. The van der Waals surface area contributed by atoms with Gasteiger partial charge in [0.15, 0.2) is 0 Å². The second kappa shape index (κ2) is 5.07. The molecule has 1 saturated heterocycles. The first-order valence-corrected chi connectivity index (χ1v) is 6.58. The van der Waals surface area contributed by atoms with Crippen molar-refractivity contribution in [3.63, 3.8) is 0 Å². The summed E-state index contributed by atoms with van der Waals surface area (Å²) in [5, 5.41) is 7.07. The highest BCUT2D eigenvalue weighted by Crippen LogP contribution is 2.24. The highest BCUT2D eigenvalue weighted by Gasteiger charge is 2.20. The Morgan fingerprint density at radius 1 is 1.29 bits per heavy atom. The summed E-state index contributed by atoms with van der Waals surface area (Å²) in [6.07, 6.45) is 4.01. The van der Waals surface area contributed by atoms with Crippen LogP contribution < -0.4 is 10.6 Å². The van der Waals surface area contributed by atoms with Crippen LogP contribution in [-0.2, 0) is 11.2 Å². The van der Waals surface area contributed by atoms with E-state index in [1.165, 1.54) is 24.1 Å². The second-order valence-electron chi connectivity index (χ2n) is 5.00. The predicted octanol–water partition coefficient (Wildman–Crippen LogP) is 1.79. The second-order valence-corrected chi connectivity index (χ2v) is 5.00. The summed E-state index contributed by atoms with van der Waals surface area (Å²) in [4.78, 5) is 0. The molecule has 2 N–H and O–H groups in total. The van der Waals surface area contributed by atoms with Crippen molar-refractivity contribution in [1.82, 2.24) is 5.32 Å². The van der Waals surface area contributed by atoms with Crippen LogP contribution in [0.4, 0.5) is 5.69 Å². The summed E-state index contributed by atoms with van der Waals surface area (Å²) in [6, 6.07) is 9.11. The van der Waals surface area contributed by atoms with Gasteiger partial charge in [-0.1, -0.05) is 18.2 Å². The highest BCUT2D eigenvalue weighted by atomic mass is 16.5. The third-order valence-corrected chi connectivity index (χ3v) is 3.63. The quantitative estimate of drug-likeness (QED) is 0.830. The first kappa shape index (κ1) is 11.1. The predicted molar refractivity (Wildman–Crippen MR) is 69.4 cm³/mol. The minimum atomic E-state index is 0.443. The number of hydrogen-bond donors (Lipinski definition) is 2. The third-order valence-electron chi connectivity index (χ3n) is 3.63. The molecule has 0 spiro atoms. The molecule has 2 heterocycles. The molecular formula is C14H20N2O. The van der Waals surface area contributed by atoms with Gasteiger partial charge in [-0.3, -0.25) is 0 Å². The topological polar surface area (TPSA) is 33.3 Å². The molecule has 2 unspecified atom stereocenters. The Kier molecular flexibility index (Phi) is 3.29. The van der Waals surface area contributed by atoms with E-state index in [0.717, 1.165) is 26.1 Å². The molecule has 0 bridgehead atoms. The summed E-state index contributed by atoms with van der Waals surface area (Å²) >= 11 is 0. The molecule has 0 saturated carbocycles. The van der Waals surface area contributed by atoms with Crippen LogP contribution in [-0.4, -0.2) is 31.8 Å². The normalized spacial score (nSPS) is 26.8. The molecule has 3 heteroatoms. The molecule has 3 nitrogen and oxygen atoms in total. The van der Waals surface area contributed by atoms with Gasteiger partial charge in [0.2, 0.25) is 0 Å². The molecule has 1 aromatic carbocycles. The highest BCUT2D eigenvalue weighted by molar-refractivity contribution is 5.56. The molecule has 3 rings (SSSR count). The average Bonchev–Trinajstić information content (AvgIpc) is 2.96. The van der Waals surface area contributed by atoms with Crippen molar-refractivity contribution < 1.29 is 4.74 Å². The van der Waals surface area contributed by atoms with Crippen LogP contribution in [0.3, 0.4) is 0 Å². The van der Waals surface area contributed by atoms with E-state index in [0.29, 0.717) is 12.1 Å². The van der Waals surface area contributed by atoms with Gasteiger partial charge in [0.25, 0.3) is 0 Å². The van der Waals surface area contributed by atoms with Crippen LogP contribution in [0.5, 0.6) is 0 Å². The van der Waals surface area contributed by atoms with Crippen LogP contribution >= 0.6 is 0 Å². The third kappa shape index (κ3) is 2.61. The number of nitrogens with one attached hydrogen (secondary N) is 2. The van der Waals surface area contributed by atoms with Crippen molar-refractivity contribution in [2.24, 2.45) is 0 Å². The van der Waals surface area contributed by atoms with Crippen molar-refractivity contribution in [3.05, 3.63) is 29.8 Å². The fourth-order valence-corrected chi connectivity index (χ4v) is 2.72. The average molecular weight is 232 g/mol. The van der Waals surface area contributed by atoms with Crippen molar-refractivity contribution >= 4 is 5.69 Å². The minimum Gasteiger partial charge on any atom is -0.380 e. The molecular weight excluding hydrogens is 212 g/mol. The van der Waals surface area contributed by atoms with Crippen molar-refractivity contribution in [2.75, 3.05) is 25.0 Å². The van der Waals surface area contributed by atoms with E-state index in [1.54, 1.807) is 0 Å². The van der Waals surface area contributed by atoms with Gasteiger partial charge in [-0.05, 0) is 30.9 Å². The number of para-hydroxylation sites is 1. The van der Waals surface area contributed by atoms with Crippen LogP contribution in [0, 0.1) is 0 Å². The lowest BCUT2D eigenvalue weighted by Gasteiger charge is -2.15. The van der Waals surface area contributed by atoms with Crippen LogP contribution in [0.1, 0.15) is 18.4 Å². The summed E-state index contributed by atoms with van der Waals surface area (Å²) in [7, 11) is 0.